The van der Waals surface area contributed by atoms with Gasteiger partial charge in [0.1, 0.15) is 6.04 Å². The fourth-order valence-corrected chi connectivity index (χ4v) is 1.33. The first kappa shape index (κ1) is 10.3. The van der Waals surface area contributed by atoms with E-state index in [9.17, 15) is 4.79 Å². The van der Waals surface area contributed by atoms with Crippen LogP contribution < -0.4 is 5.73 Å². The summed E-state index contributed by atoms with van der Waals surface area (Å²) in [5, 5.41) is 0. The number of carbonyl (C=O) groups excluding carboxylic acids is 1. The van der Waals surface area contributed by atoms with Crippen LogP contribution in [0.15, 0.2) is 21.4 Å². The molecule has 72 valence electrons. The maximum absolute atomic E-state index is 10.9. The maximum atomic E-state index is 10.9. The first-order valence-corrected chi connectivity index (χ1v) is 4.49. The number of ether oxygens (including phenoxy) is 1. The topological polar surface area (TPSA) is 65.5 Å². The molecule has 1 rings (SSSR count). The summed E-state index contributed by atoms with van der Waals surface area (Å²) < 4.78 is 10.1. The van der Waals surface area contributed by atoms with E-state index >= 15 is 0 Å². The van der Waals surface area contributed by atoms with Crippen molar-refractivity contribution < 1.29 is 13.9 Å². The highest BCUT2D eigenvalue weighted by molar-refractivity contribution is 9.10. The minimum Gasteiger partial charge on any atom is -0.468 e. The van der Waals surface area contributed by atoms with Crippen LogP contribution in [0.3, 0.4) is 0 Å². The highest BCUT2D eigenvalue weighted by Gasteiger charge is 2.15. The molecular formula is C8H10BrNO3. The molecule has 5 heteroatoms. The Kier molecular flexibility index (Phi) is 3.50. The van der Waals surface area contributed by atoms with Gasteiger partial charge in [0.2, 0.25) is 0 Å². The zero-order valence-corrected chi connectivity index (χ0v) is 8.71. The molecule has 1 unspecified atom stereocenters. The molecule has 0 saturated carbocycles. The van der Waals surface area contributed by atoms with Gasteiger partial charge in [-0.1, -0.05) is 0 Å². The zero-order chi connectivity index (χ0) is 9.84. The summed E-state index contributed by atoms with van der Waals surface area (Å²) in [4.78, 5) is 10.9. The number of hydrogen-bond acceptors (Lipinski definition) is 4. The van der Waals surface area contributed by atoms with E-state index in [1.165, 1.54) is 7.11 Å². The van der Waals surface area contributed by atoms with Gasteiger partial charge in [-0.05, 0) is 27.6 Å². The number of carbonyl (C=O) groups is 1. The number of esters is 1. The van der Waals surface area contributed by atoms with E-state index in [2.05, 4.69) is 20.7 Å². The Bertz CT molecular complexity index is 297. The molecule has 0 spiro atoms. The lowest BCUT2D eigenvalue weighted by Crippen LogP contribution is -2.33. The van der Waals surface area contributed by atoms with Crippen LogP contribution in [0, 0.1) is 0 Å². The van der Waals surface area contributed by atoms with Gasteiger partial charge >= 0.3 is 5.97 Å². The van der Waals surface area contributed by atoms with Crippen molar-refractivity contribution in [1.29, 1.82) is 0 Å². The second-order valence-electron chi connectivity index (χ2n) is 2.59. The monoisotopic (exact) mass is 247 g/mol. The van der Waals surface area contributed by atoms with Gasteiger partial charge < -0.3 is 14.9 Å². The molecule has 4 nitrogen and oxygen atoms in total. The van der Waals surface area contributed by atoms with E-state index in [1.54, 1.807) is 12.3 Å². The van der Waals surface area contributed by atoms with Gasteiger partial charge in [-0.25, -0.2) is 0 Å². The van der Waals surface area contributed by atoms with Crippen LogP contribution in [0.2, 0.25) is 0 Å². The number of furan rings is 1. The van der Waals surface area contributed by atoms with E-state index in [0.29, 0.717) is 11.1 Å². The first-order valence-electron chi connectivity index (χ1n) is 3.70. The van der Waals surface area contributed by atoms with Crippen molar-refractivity contribution >= 4 is 21.9 Å². The van der Waals surface area contributed by atoms with E-state index in [1.807, 2.05) is 0 Å². The van der Waals surface area contributed by atoms with Crippen LogP contribution in [-0.2, 0) is 16.0 Å². The Labute approximate surface area is 84.2 Å². The van der Waals surface area contributed by atoms with Crippen LogP contribution in [0.5, 0.6) is 0 Å². The smallest absolute Gasteiger partial charge is 0.322 e. The van der Waals surface area contributed by atoms with Gasteiger partial charge in [0.15, 0.2) is 4.67 Å². The van der Waals surface area contributed by atoms with Crippen molar-refractivity contribution in [2.24, 2.45) is 5.73 Å². The number of hydrogen-bond donors (Lipinski definition) is 1. The minimum atomic E-state index is -0.630. The molecular weight excluding hydrogens is 238 g/mol. The van der Waals surface area contributed by atoms with Crippen molar-refractivity contribution in [3.8, 4) is 0 Å². The van der Waals surface area contributed by atoms with E-state index in [0.717, 1.165) is 5.56 Å². The average Bonchev–Trinajstić information content (AvgIpc) is 2.49. The summed E-state index contributed by atoms with van der Waals surface area (Å²) >= 11 is 3.15. The van der Waals surface area contributed by atoms with Crippen molar-refractivity contribution in [2.75, 3.05) is 7.11 Å². The second kappa shape index (κ2) is 4.43. The van der Waals surface area contributed by atoms with Crippen LogP contribution in [0.4, 0.5) is 0 Å². The molecule has 0 bridgehead atoms. The number of halogens is 1. The van der Waals surface area contributed by atoms with Crippen molar-refractivity contribution in [3.05, 3.63) is 22.6 Å². The molecule has 1 aromatic rings. The summed E-state index contributed by atoms with van der Waals surface area (Å²) in [6.07, 6.45) is 1.97. The molecule has 13 heavy (non-hydrogen) atoms. The SMILES string of the molecule is COC(=O)C(N)Cc1coc(Br)c1. The molecule has 0 saturated heterocycles. The van der Waals surface area contributed by atoms with Gasteiger partial charge in [0.05, 0.1) is 13.4 Å². The van der Waals surface area contributed by atoms with Crippen LogP contribution >= 0.6 is 15.9 Å². The van der Waals surface area contributed by atoms with Gasteiger partial charge in [-0.2, -0.15) is 0 Å². The first-order chi connectivity index (χ1) is 6.13. The highest BCUT2D eigenvalue weighted by atomic mass is 79.9. The van der Waals surface area contributed by atoms with Crippen LogP contribution in [0.25, 0.3) is 0 Å². The molecule has 0 aliphatic heterocycles. The van der Waals surface area contributed by atoms with Crippen molar-refractivity contribution in [2.45, 2.75) is 12.5 Å². The molecule has 0 aromatic carbocycles. The lowest BCUT2D eigenvalue weighted by molar-refractivity contribution is -0.142. The Morgan fingerprint density at radius 3 is 3.00 bits per heavy atom. The Hall–Kier alpha value is -0.810. The molecule has 1 heterocycles. The molecule has 0 aliphatic carbocycles. The van der Waals surface area contributed by atoms with Gasteiger partial charge in [0, 0.05) is 6.42 Å². The summed E-state index contributed by atoms with van der Waals surface area (Å²) in [5.41, 5.74) is 6.40. The largest absolute Gasteiger partial charge is 0.468 e. The normalized spacial score (nSPS) is 12.5. The molecule has 0 fully saturated rings. The third-order valence-electron chi connectivity index (χ3n) is 1.58. The van der Waals surface area contributed by atoms with Crippen LogP contribution in [-0.4, -0.2) is 19.1 Å². The number of nitrogens with two attached hydrogens (primary N) is 1. The average molecular weight is 248 g/mol. The summed E-state index contributed by atoms with van der Waals surface area (Å²) in [6.45, 7) is 0. The predicted octanol–water partition coefficient (Wildman–Crippen LogP) is 1.08. The molecule has 0 aliphatic rings. The predicted molar refractivity (Wildman–Crippen MR) is 50.1 cm³/mol. The fourth-order valence-electron chi connectivity index (χ4n) is 0.941. The minimum absolute atomic E-state index is 0.418. The van der Waals surface area contributed by atoms with Gasteiger partial charge in [-0.15, -0.1) is 0 Å². The summed E-state index contributed by atoms with van der Waals surface area (Å²) in [7, 11) is 1.31. The Balaban J connectivity index is 2.54. The van der Waals surface area contributed by atoms with E-state index in [-0.39, 0.29) is 0 Å². The third-order valence-corrected chi connectivity index (χ3v) is 2.00. The van der Waals surface area contributed by atoms with Crippen LogP contribution in [0.1, 0.15) is 5.56 Å². The number of rotatable bonds is 3. The standard InChI is InChI=1S/C8H10BrNO3/c1-12-8(11)6(10)2-5-3-7(9)13-4-5/h3-4,6H,2,10H2,1H3. The summed E-state index contributed by atoms with van der Waals surface area (Å²) in [5.74, 6) is -0.419. The maximum Gasteiger partial charge on any atom is 0.322 e. The summed E-state index contributed by atoms with van der Waals surface area (Å²) in [6, 6.07) is 1.14. The molecule has 1 atom stereocenters. The molecule has 2 N–H and O–H groups in total. The lowest BCUT2D eigenvalue weighted by Gasteiger charge is -2.06. The van der Waals surface area contributed by atoms with E-state index < -0.39 is 12.0 Å². The molecule has 1 aromatic heterocycles. The number of methoxy groups -OCH3 is 1. The van der Waals surface area contributed by atoms with Gasteiger partial charge in [0.25, 0.3) is 0 Å². The third kappa shape index (κ3) is 2.86. The molecule has 0 radical (unpaired) electrons. The van der Waals surface area contributed by atoms with Gasteiger partial charge in [-0.3, -0.25) is 4.79 Å². The van der Waals surface area contributed by atoms with Crippen molar-refractivity contribution in [3.63, 3.8) is 0 Å². The second-order valence-corrected chi connectivity index (χ2v) is 3.37. The Morgan fingerprint density at radius 1 is 1.85 bits per heavy atom. The quantitative estimate of drug-likeness (QED) is 0.813. The lowest BCUT2D eigenvalue weighted by atomic mass is 10.1. The zero-order valence-electron chi connectivity index (χ0n) is 7.12. The van der Waals surface area contributed by atoms with Crippen molar-refractivity contribution in [1.82, 2.24) is 0 Å². The fraction of sp³-hybridized carbons (Fsp3) is 0.375. The van der Waals surface area contributed by atoms with E-state index in [4.69, 9.17) is 10.2 Å². The highest BCUT2D eigenvalue weighted by Crippen LogP contribution is 2.15. The molecule has 0 amide bonds. The Morgan fingerprint density at radius 2 is 2.54 bits per heavy atom.